The molecule has 0 aromatic heterocycles. The van der Waals surface area contributed by atoms with E-state index in [1.807, 2.05) is 0 Å². The van der Waals surface area contributed by atoms with Crippen LogP contribution in [-0.4, -0.2) is 7.05 Å². The Balaban J connectivity index is 2.30. The van der Waals surface area contributed by atoms with E-state index in [-0.39, 0.29) is 0 Å². The molecule has 0 N–H and O–H groups in total. The number of hydrogen-bond acceptors (Lipinski definition) is 1. The van der Waals surface area contributed by atoms with Gasteiger partial charge in [0.05, 0.1) is 0 Å². The summed E-state index contributed by atoms with van der Waals surface area (Å²) in [6, 6.07) is 16.8. The third kappa shape index (κ3) is 1.12. The number of benzene rings is 2. The Morgan fingerprint density at radius 2 is 1.25 bits per heavy atom. The zero-order valence-electron chi connectivity index (χ0n) is 9.27. The maximum absolute atomic E-state index is 4.20. The van der Waals surface area contributed by atoms with Gasteiger partial charge in [0.2, 0.25) is 0 Å². The molecule has 2 aromatic rings. The second kappa shape index (κ2) is 3.24. The van der Waals surface area contributed by atoms with Gasteiger partial charge in [-0.25, -0.2) is 0 Å². The molecule has 0 spiro atoms. The van der Waals surface area contributed by atoms with Crippen molar-refractivity contribution in [1.29, 1.82) is 0 Å². The van der Waals surface area contributed by atoms with E-state index in [1.54, 1.807) is 0 Å². The topological polar surface area (TPSA) is 3.24 Å². The van der Waals surface area contributed by atoms with Crippen LogP contribution in [0.4, 0.5) is 11.4 Å². The molecule has 0 amide bonds. The van der Waals surface area contributed by atoms with E-state index in [4.69, 9.17) is 0 Å². The van der Waals surface area contributed by atoms with Gasteiger partial charge in [-0.1, -0.05) is 43.0 Å². The lowest BCUT2D eigenvalue weighted by atomic mass is 9.92. The number of hydrogen-bond donors (Lipinski definition) is 0. The van der Waals surface area contributed by atoms with E-state index in [1.165, 1.54) is 22.5 Å². The van der Waals surface area contributed by atoms with Crippen LogP contribution in [0.5, 0.6) is 0 Å². The van der Waals surface area contributed by atoms with E-state index in [9.17, 15) is 0 Å². The minimum Gasteiger partial charge on any atom is -0.344 e. The van der Waals surface area contributed by atoms with Gasteiger partial charge in [-0.15, -0.1) is 0 Å². The molecule has 0 atom stereocenters. The normalized spacial score (nSPS) is 13.3. The van der Waals surface area contributed by atoms with Crippen molar-refractivity contribution in [2.75, 3.05) is 11.9 Å². The lowest BCUT2D eigenvalue weighted by Crippen LogP contribution is -2.17. The molecule has 0 aliphatic carbocycles. The molecular weight excluding hydrogens is 194 g/mol. The fourth-order valence-electron chi connectivity index (χ4n) is 2.32. The summed E-state index contributed by atoms with van der Waals surface area (Å²) >= 11 is 0. The van der Waals surface area contributed by atoms with Crippen molar-refractivity contribution >= 4 is 16.9 Å². The fraction of sp³-hybridized carbons (Fsp3) is 0.0667. The molecule has 0 saturated heterocycles. The molecule has 0 unspecified atom stereocenters. The summed E-state index contributed by atoms with van der Waals surface area (Å²) in [6.07, 6.45) is 0. The molecule has 0 fully saturated rings. The number of fused-ring (bicyclic) bond motifs is 2. The summed E-state index contributed by atoms with van der Waals surface area (Å²) in [5, 5.41) is 0. The highest BCUT2D eigenvalue weighted by Crippen LogP contribution is 2.42. The van der Waals surface area contributed by atoms with E-state index in [0.717, 1.165) is 5.57 Å². The SMILES string of the molecule is C=C1c2ccccc2N(C)c2ccccc21. The van der Waals surface area contributed by atoms with Gasteiger partial charge in [0.25, 0.3) is 0 Å². The third-order valence-electron chi connectivity index (χ3n) is 3.18. The predicted molar refractivity (Wildman–Crippen MR) is 69.1 cm³/mol. The molecule has 1 heteroatoms. The largest absolute Gasteiger partial charge is 0.344 e. The molecule has 1 aliphatic rings. The Bertz CT molecular complexity index is 520. The number of rotatable bonds is 0. The van der Waals surface area contributed by atoms with Crippen molar-refractivity contribution in [3.05, 3.63) is 66.2 Å². The first kappa shape index (κ1) is 9.22. The maximum Gasteiger partial charge on any atom is 0.0487 e. The Morgan fingerprint density at radius 3 is 1.75 bits per heavy atom. The summed E-state index contributed by atoms with van der Waals surface area (Å²) in [4.78, 5) is 2.22. The van der Waals surface area contributed by atoms with E-state index >= 15 is 0 Å². The van der Waals surface area contributed by atoms with Gasteiger partial charge in [0.15, 0.2) is 0 Å². The minimum absolute atomic E-state index is 1.12. The minimum atomic E-state index is 1.12. The summed E-state index contributed by atoms with van der Waals surface area (Å²) < 4.78 is 0. The zero-order chi connectivity index (χ0) is 11.1. The van der Waals surface area contributed by atoms with Crippen LogP contribution in [0, 0.1) is 0 Å². The molecule has 1 aliphatic heterocycles. The Labute approximate surface area is 95.6 Å². The van der Waals surface area contributed by atoms with Gasteiger partial charge in [0.1, 0.15) is 0 Å². The predicted octanol–water partition coefficient (Wildman–Crippen LogP) is 3.83. The van der Waals surface area contributed by atoms with Gasteiger partial charge in [-0.05, 0) is 17.7 Å². The standard InChI is InChI=1S/C15H13N/c1-11-12-7-3-5-9-14(12)16(2)15-10-6-4-8-13(11)15/h3-10H,1H2,2H3. The van der Waals surface area contributed by atoms with Crippen molar-refractivity contribution in [1.82, 2.24) is 0 Å². The zero-order valence-corrected chi connectivity index (χ0v) is 9.27. The molecule has 1 nitrogen and oxygen atoms in total. The smallest absolute Gasteiger partial charge is 0.0487 e. The summed E-state index contributed by atoms with van der Waals surface area (Å²) in [5.74, 6) is 0. The Hall–Kier alpha value is -2.02. The number of nitrogens with zero attached hydrogens (tertiary/aromatic N) is 1. The average Bonchev–Trinajstić information content (AvgIpc) is 2.36. The summed E-state index contributed by atoms with van der Waals surface area (Å²) in [6.45, 7) is 4.20. The van der Waals surface area contributed by atoms with Crippen LogP contribution >= 0.6 is 0 Å². The molecule has 16 heavy (non-hydrogen) atoms. The molecule has 3 rings (SSSR count). The summed E-state index contributed by atoms with van der Waals surface area (Å²) in [5.41, 5.74) is 6.02. The average molecular weight is 207 g/mol. The highest BCUT2D eigenvalue weighted by atomic mass is 15.1. The Morgan fingerprint density at radius 1 is 0.812 bits per heavy atom. The molecule has 2 aromatic carbocycles. The molecule has 0 saturated carbocycles. The molecular formula is C15H13N. The molecule has 0 radical (unpaired) electrons. The van der Waals surface area contributed by atoms with Crippen LogP contribution in [0.25, 0.3) is 5.57 Å². The van der Waals surface area contributed by atoms with Crippen molar-refractivity contribution in [3.63, 3.8) is 0 Å². The molecule has 78 valence electrons. The van der Waals surface area contributed by atoms with Crippen LogP contribution in [0.15, 0.2) is 55.1 Å². The summed E-state index contributed by atoms with van der Waals surface area (Å²) in [7, 11) is 2.10. The van der Waals surface area contributed by atoms with Crippen molar-refractivity contribution in [2.24, 2.45) is 0 Å². The first-order chi connectivity index (χ1) is 7.79. The lowest BCUT2D eigenvalue weighted by Gasteiger charge is -2.31. The van der Waals surface area contributed by atoms with Crippen molar-refractivity contribution < 1.29 is 0 Å². The third-order valence-corrected chi connectivity index (χ3v) is 3.18. The first-order valence-corrected chi connectivity index (χ1v) is 5.40. The second-order valence-electron chi connectivity index (χ2n) is 4.07. The van der Waals surface area contributed by atoms with E-state index in [2.05, 4.69) is 67.1 Å². The van der Waals surface area contributed by atoms with Crippen LogP contribution in [-0.2, 0) is 0 Å². The molecule has 0 bridgehead atoms. The lowest BCUT2D eigenvalue weighted by molar-refractivity contribution is 1.17. The number of para-hydroxylation sites is 2. The highest BCUT2D eigenvalue weighted by Gasteiger charge is 2.21. The van der Waals surface area contributed by atoms with Gasteiger partial charge in [0, 0.05) is 29.5 Å². The van der Waals surface area contributed by atoms with E-state index < -0.39 is 0 Å². The first-order valence-electron chi connectivity index (χ1n) is 5.40. The van der Waals surface area contributed by atoms with Gasteiger partial charge >= 0.3 is 0 Å². The van der Waals surface area contributed by atoms with Gasteiger partial charge < -0.3 is 4.90 Å². The monoisotopic (exact) mass is 207 g/mol. The Kier molecular flexibility index (Phi) is 1.87. The van der Waals surface area contributed by atoms with Gasteiger partial charge in [-0.2, -0.15) is 0 Å². The van der Waals surface area contributed by atoms with E-state index in [0.29, 0.717) is 0 Å². The second-order valence-corrected chi connectivity index (χ2v) is 4.07. The van der Waals surface area contributed by atoms with Gasteiger partial charge in [-0.3, -0.25) is 0 Å². The van der Waals surface area contributed by atoms with Crippen LogP contribution in [0.2, 0.25) is 0 Å². The van der Waals surface area contributed by atoms with Crippen LogP contribution in [0.1, 0.15) is 11.1 Å². The van der Waals surface area contributed by atoms with Crippen LogP contribution < -0.4 is 4.90 Å². The van der Waals surface area contributed by atoms with Crippen LogP contribution in [0.3, 0.4) is 0 Å². The van der Waals surface area contributed by atoms with Crippen molar-refractivity contribution in [2.45, 2.75) is 0 Å². The fourth-order valence-corrected chi connectivity index (χ4v) is 2.32. The quantitative estimate of drug-likeness (QED) is 0.634. The van der Waals surface area contributed by atoms with Crippen molar-refractivity contribution in [3.8, 4) is 0 Å². The number of anilines is 2. The molecule has 1 heterocycles. The highest BCUT2D eigenvalue weighted by molar-refractivity contribution is 5.96. The maximum atomic E-state index is 4.20.